The minimum absolute atomic E-state index is 0.0897. The molecular formula is C23H25Cl2N3O3. The summed E-state index contributed by atoms with van der Waals surface area (Å²) in [5, 5.41) is 18.2. The van der Waals surface area contributed by atoms with Gasteiger partial charge in [-0.15, -0.1) is 0 Å². The fraction of sp³-hybridized carbons (Fsp3) is 0.391. The van der Waals surface area contributed by atoms with E-state index in [4.69, 9.17) is 23.2 Å². The van der Waals surface area contributed by atoms with E-state index in [1.807, 2.05) is 0 Å². The number of nitrogens with one attached hydrogen (secondary N) is 2. The molecule has 1 heterocycles. The number of para-hydroxylation sites is 1. The second-order valence-electron chi connectivity index (χ2n) is 8.43. The minimum atomic E-state index is -2.25. The summed E-state index contributed by atoms with van der Waals surface area (Å²) in [4.78, 5) is 27.8. The number of hydrogen-bond donors (Lipinski definition) is 3. The number of carbonyl (C=O) groups is 2. The van der Waals surface area contributed by atoms with Crippen LogP contribution in [0.1, 0.15) is 38.7 Å². The lowest BCUT2D eigenvalue weighted by atomic mass is 9.78. The Hall–Kier alpha value is -2.28. The summed E-state index contributed by atoms with van der Waals surface area (Å²) < 4.78 is 0. The van der Waals surface area contributed by atoms with Gasteiger partial charge in [0.25, 0.3) is 11.6 Å². The van der Waals surface area contributed by atoms with Crippen molar-refractivity contribution in [1.29, 1.82) is 0 Å². The number of urea groups is 1. The molecule has 31 heavy (non-hydrogen) atoms. The average Bonchev–Trinajstić information content (AvgIpc) is 2.74. The van der Waals surface area contributed by atoms with Gasteiger partial charge in [0.05, 0.1) is 21.4 Å². The fourth-order valence-corrected chi connectivity index (χ4v) is 4.83. The Kier molecular flexibility index (Phi) is 5.90. The Morgan fingerprint density at radius 2 is 1.90 bits per heavy atom. The molecule has 1 aliphatic heterocycles. The van der Waals surface area contributed by atoms with E-state index < -0.39 is 17.7 Å². The Balaban J connectivity index is 1.79. The highest BCUT2D eigenvalue weighted by molar-refractivity contribution is 6.42. The van der Waals surface area contributed by atoms with Crippen LogP contribution in [0.4, 0.5) is 16.2 Å². The van der Waals surface area contributed by atoms with Gasteiger partial charge in [-0.3, -0.25) is 9.69 Å². The predicted octanol–water partition coefficient (Wildman–Crippen LogP) is 5.13. The van der Waals surface area contributed by atoms with Gasteiger partial charge in [-0.1, -0.05) is 68.1 Å². The number of hydrogen-bond acceptors (Lipinski definition) is 3. The van der Waals surface area contributed by atoms with E-state index in [-0.39, 0.29) is 28.2 Å². The van der Waals surface area contributed by atoms with Gasteiger partial charge in [0.1, 0.15) is 0 Å². The van der Waals surface area contributed by atoms with Crippen molar-refractivity contribution >= 4 is 46.5 Å². The lowest BCUT2D eigenvalue weighted by molar-refractivity contribution is -0.141. The van der Waals surface area contributed by atoms with E-state index in [0.29, 0.717) is 16.6 Å². The highest BCUT2D eigenvalue weighted by Gasteiger charge is 2.52. The predicted molar refractivity (Wildman–Crippen MR) is 122 cm³/mol. The molecule has 0 spiro atoms. The second kappa shape index (κ2) is 8.34. The molecule has 2 aliphatic rings. The van der Waals surface area contributed by atoms with Gasteiger partial charge in [-0.05, 0) is 42.5 Å². The number of fused-ring (bicyclic) bond motifs is 1. The quantitative estimate of drug-likeness (QED) is 0.592. The normalized spacial score (nSPS) is 28.0. The number of nitrogens with zero attached hydrogens (tertiary/aromatic N) is 1. The van der Waals surface area contributed by atoms with E-state index in [1.165, 1.54) is 12.1 Å². The van der Waals surface area contributed by atoms with Gasteiger partial charge in [-0.2, -0.15) is 0 Å². The summed E-state index contributed by atoms with van der Waals surface area (Å²) in [6.45, 7) is 4.28. The van der Waals surface area contributed by atoms with Crippen molar-refractivity contribution in [3.05, 3.63) is 58.1 Å². The number of benzene rings is 2. The van der Waals surface area contributed by atoms with E-state index in [9.17, 15) is 14.7 Å². The van der Waals surface area contributed by atoms with Crippen molar-refractivity contribution in [3.8, 4) is 0 Å². The summed E-state index contributed by atoms with van der Waals surface area (Å²) in [5.74, 6) is 0.0704. The molecule has 0 saturated heterocycles. The Morgan fingerprint density at radius 1 is 1.16 bits per heavy atom. The van der Waals surface area contributed by atoms with Gasteiger partial charge in [-0.25, -0.2) is 4.79 Å². The summed E-state index contributed by atoms with van der Waals surface area (Å²) in [5.41, 5.74) is -1.33. The molecular weight excluding hydrogens is 437 g/mol. The Morgan fingerprint density at radius 3 is 2.65 bits per heavy atom. The average molecular weight is 462 g/mol. The largest absolute Gasteiger partial charge is 0.359 e. The van der Waals surface area contributed by atoms with Gasteiger partial charge in [0.15, 0.2) is 0 Å². The molecule has 1 saturated carbocycles. The van der Waals surface area contributed by atoms with Crippen molar-refractivity contribution in [2.75, 3.05) is 10.2 Å². The van der Waals surface area contributed by atoms with Crippen molar-refractivity contribution in [1.82, 2.24) is 5.32 Å². The second-order valence-corrected chi connectivity index (χ2v) is 9.24. The topological polar surface area (TPSA) is 81.7 Å². The first-order chi connectivity index (χ1) is 14.7. The first-order valence-corrected chi connectivity index (χ1v) is 11.2. The molecule has 0 unspecified atom stereocenters. The van der Waals surface area contributed by atoms with Crippen LogP contribution in [0.2, 0.25) is 10.0 Å². The number of amides is 3. The van der Waals surface area contributed by atoms with Crippen LogP contribution in [-0.2, 0) is 10.5 Å². The van der Waals surface area contributed by atoms with E-state index in [2.05, 4.69) is 24.5 Å². The number of rotatable bonds is 3. The smallest absolute Gasteiger partial charge is 0.329 e. The van der Waals surface area contributed by atoms with Crippen LogP contribution in [-0.4, -0.2) is 23.1 Å². The summed E-state index contributed by atoms with van der Waals surface area (Å²) >= 11 is 12.2. The van der Waals surface area contributed by atoms with Crippen LogP contribution in [0.15, 0.2) is 42.5 Å². The molecule has 6 nitrogen and oxygen atoms in total. The van der Waals surface area contributed by atoms with Crippen LogP contribution in [0.3, 0.4) is 0 Å². The van der Waals surface area contributed by atoms with E-state index >= 15 is 0 Å². The molecule has 0 aromatic heterocycles. The van der Waals surface area contributed by atoms with Crippen LogP contribution in [0, 0.1) is 11.8 Å². The van der Waals surface area contributed by atoms with E-state index in [1.54, 1.807) is 30.3 Å². The van der Waals surface area contributed by atoms with Gasteiger partial charge in [0, 0.05) is 11.6 Å². The van der Waals surface area contributed by atoms with Gasteiger partial charge in [0.2, 0.25) is 0 Å². The molecule has 0 radical (unpaired) electrons. The monoisotopic (exact) mass is 461 g/mol. The number of carbonyl (C=O) groups excluding carboxylic acids is 2. The van der Waals surface area contributed by atoms with Crippen LogP contribution in [0.25, 0.3) is 0 Å². The number of anilines is 2. The number of aliphatic hydroxyl groups is 1. The van der Waals surface area contributed by atoms with Crippen LogP contribution >= 0.6 is 23.2 Å². The molecule has 4 rings (SSSR count). The summed E-state index contributed by atoms with van der Waals surface area (Å²) in [6, 6.07) is 10.5. The third kappa shape index (κ3) is 3.77. The zero-order valence-electron chi connectivity index (χ0n) is 17.4. The van der Waals surface area contributed by atoms with Crippen molar-refractivity contribution < 1.29 is 14.7 Å². The van der Waals surface area contributed by atoms with Crippen LogP contribution in [0.5, 0.6) is 0 Å². The minimum Gasteiger partial charge on any atom is -0.359 e. The first-order valence-electron chi connectivity index (χ1n) is 10.4. The lowest BCUT2D eigenvalue weighted by Gasteiger charge is -2.44. The van der Waals surface area contributed by atoms with Crippen molar-refractivity contribution in [3.63, 3.8) is 0 Å². The molecule has 3 N–H and O–H groups in total. The SMILES string of the molecule is C[C@@H]1[C@@H](C)CCC[C@H]1NC(=O)[C@@]1(O)c2ccccc2NC(=O)N1c1ccc(Cl)c(Cl)c1. The third-order valence-electron chi connectivity index (χ3n) is 6.57. The highest BCUT2D eigenvalue weighted by Crippen LogP contribution is 2.41. The fourth-order valence-electron chi connectivity index (χ4n) is 4.54. The molecule has 0 bridgehead atoms. The molecule has 8 heteroatoms. The molecule has 164 valence electrons. The summed E-state index contributed by atoms with van der Waals surface area (Å²) in [7, 11) is 0. The van der Waals surface area contributed by atoms with Gasteiger partial charge < -0.3 is 15.7 Å². The van der Waals surface area contributed by atoms with Crippen LogP contribution < -0.4 is 15.5 Å². The maximum Gasteiger partial charge on any atom is 0.329 e. The van der Waals surface area contributed by atoms with E-state index in [0.717, 1.165) is 24.2 Å². The zero-order valence-corrected chi connectivity index (χ0v) is 18.9. The molecule has 4 atom stereocenters. The standard InChI is InChI=1S/C23H25Cl2N3O3/c1-13-6-5-9-19(14(13)2)26-21(29)23(31)16-7-3-4-8-20(16)27-22(30)28(23)15-10-11-17(24)18(25)12-15/h3-4,7-8,10-14,19,31H,5-6,9H2,1-2H3,(H,26,29)(H,27,30)/t13-,14+,19+,23-/m0/s1. The van der Waals surface area contributed by atoms with Gasteiger partial charge >= 0.3 is 6.03 Å². The highest BCUT2D eigenvalue weighted by atomic mass is 35.5. The lowest BCUT2D eigenvalue weighted by Crippen LogP contribution is -2.64. The molecule has 2 aromatic carbocycles. The number of halogens is 2. The van der Waals surface area contributed by atoms with Crippen molar-refractivity contribution in [2.45, 2.75) is 44.9 Å². The molecule has 1 aliphatic carbocycles. The Bertz CT molecular complexity index is 1030. The maximum atomic E-state index is 13.6. The molecule has 1 fully saturated rings. The molecule has 2 aromatic rings. The molecule has 3 amide bonds. The summed E-state index contributed by atoms with van der Waals surface area (Å²) in [6.07, 6.45) is 2.94. The zero-order chi connectivity index (χ0) is 22.3. The third-order valence-corrected chi connectivity index (χ3v) is 7.31. The maximum absolute atomic E-state index is 13.6. The first kappa shape index (κ1) is 21.9. The Labute approximate surface area is 191 Å². The van der Waals surface area contributed by atoms with Crippen molar-refractivity contribution in [2.24, 2.45) is 11.8 Å².